The summed E-state index contributed by atoms with van der Waals surface area (Å²) in [5.41, 5.74) is 4.46. The molecule has 42 heavy (non-hydrogen) atoms. The fourth-order valence-electron chi connectivity index (χ4n) is 6.53. The van der Waals surface area contributed by atoms with Gasteiger partial charge in [-0.05, 0) is 61.8 Å². The third-order valence-corrected chi connectivity index (χ3v) is 10.3. The average Bonchev–Trinajstić information content (AvgIpc) is 3.39. The zero-order chi connectivity index (χ0) is 30.3. The first-order valence-corrected chi connectivity index (χ1v) is 16.5. The average molecular weight is 595 g/mol. The predicted octanol–water partition coefficient (Wildman–Crippen LogP) is 5.78. The van der Waals surface area contributed by atoms with Gasteiger partial charge in [-0.25, -0.2) is 13.4 Å². The maximum atomic E-state index is 13.5. The van der Waals surface area contributed by atoms with Crippen LogP contribution in [0.1, 0.15) is 70.5 Å². The molecule has 0 unspecified atom stereocenters. The maximum Gasteiger partial charge on any atom is 0.226 e. The monoisotopic (exact) mass is 594 g/mol. The van der Waals surface area contributed by atoms with E-state index in [2.05, 4.69) is 50.1 Å². The highest BCUT2D eigenvalue weighted by Gasteiger charge is 2.38. The molecule has 2 atom stereocenters. The number of methoxy groups -OCH3 is 1. The number of nitrogens with zero attached hydrogens (tertiary/aromatic N) is 3. The molecule has 2 saturated heterocycles. The third kappa shape index (κ3) is 6.10. The zero-order valence-electron chi connectivity index (χ0n) is 25.4. The molecule has 1 aromatic carbocycles. The molecule has 2 aliphatic rings. The summed E-state index contributed by atoms with van der Waals surface area (Å²) in [4.78, 5) is 24.8. The summed E-state index contributed by atoms with van der Waals surface area (Å²) in [5.74, 6) is 0.419. The smallest absolute Gasteiger partial charge is 0.226 e. The first-order chi connectivity index (χ1) is 19.8. The van der Waals surface area contributed by atoms with Crippen LogP contribution < -0.4 is 10.1 Å². The van der Waals surface area contributed by atoms with E-state index in [0.29, 0.717) is 25.3 Å². The number of ether oxygens (including phenoxy) is 2. The number of hydrogen-bond donors (Lipinski definition) is 1. The van der Waals surface area contributed by atoms with Crippen LogP contribution in [0.15, 0.2) is 42.6 Å². The molecule has 2 aromatic heterocycles. The van der Waals surface area contributed by atoms with Crippen molar-refractivity contribution in [3.05, 3.63) is 53.7 Å². The number of amides is 1. The van der Waals surface area contributed by atoms with Crippen molar-refractivity contribution in [3.8, 4) is 5.88 Å². The number of hydrogen-bond acceptors (Lipinski definition) is 8. The van der Waals surface area contributed by atoms with Crippen molar-refractivity contribution in [3.63, 3.8) is 0 Å². The van der Waals surface area contributed by atoms with E-state index in [1.807, 2.05) is 42.4 Å². The van der Waals surface area contributed by atoms with E-state index in [1.54, 1.807) is 7.11 Å². The summed E-state index contributed by atoms with van der Waals surface area (Å²) in [5, 5.41) is 3.56. The molecular weight excluding hydrogens is 552 g/mol. The highest BCUT2D eigenvalue weighted by molar-refractivity contribution is 7.91. The van der Waals surface area contributed by atoms with E-state index in [4.69, 9.17) is 14.5 Å². The van der Waals surface area contributed by atoms with Gasteiger partial charge in [0.1, 0.15) is 15.4 Å². The summed E-state index contributed by atoms with van der Waals surface area (Å²) in [7, 11) is 0.408. The SMILES string of the molecule is COc1ccc2ncc(Nc3ccc([C@H](N(C)C(=O)C4CCS(=O)(=O)CC4)C(C)(C)C)cc3)c([C@]3(C)CCCO3)c2n1. The van der Waals surface area contributed by atoms with Crippen LogP contribution >= 0.6 is 0 Å². The molecule has 10 heteroatoms. The summed E-state index contributed by atoms with van der Waals surface area (Å²) >= 11 is 0. The Morgan fingerprint density at radius 1 is 1.14 bits per heavy atom. The van der Waals surface area contributed by atoms with Gasteiger partial charge < -0.3 is 19.7 Å². The molecule has 5 rings (SSSR count). The van der Waals surface area contributed by atoms with Gasteiger partial charge in [-0.3, -0.25) is 9.78 Å². The molecule has 2 aliphatic heterocycles. The van der Waals surface area contributed by atoms with Gasteiger partial charge in [-0.15, -0.1) is 0 Å². The number of benzene rings is 1. The molecule has 1 amide bonds. The van der Waals surface area contributed by atoms with Crippen molar-refractivity contribution >= 4 is 38.2 Å². The second-order valence-electron chi connectivity index (χ2n) is 12.8. The lowest BCUT2D eigenvalue weighted by Gasteiger charge is -2.40. The number of carbonyl (C=O) groups excluding carboxylic acids is 1. The van der Waals surface area contributed by atoms with E-state index < -0.39 is 15.4 Å². The van der Waals surface area contributed by atoms with Gasteiger partial charge in [-0.1, -0.05) is 32.9 Å². The van der Waals surface area contributed by atoms with Crippen molar-refractivity contribution in [1.82, 2.24) is 14.9 Å². The zero-order valence-corrected chi connectivity index (χ0v) is 26.3. The minimum absolute atomic E-state index is 0.00615. The van der Waals surface area contributed by atoms with Crippen molar-refractivity contribution in [2.75, 3.05) is 37.6 Å². The van der Waals surface area contributed by atoms with E-state index in [9.17, 15) is 13.2 Å². The van der Waals surface area contributed by atoms with Crippen LogP contribution in [-0.4, -0.2) is 61.5 Å². The Balaban J connectivity index is 1.44. The maximum absolute atomic E-state index is 13.5. The molecule has 3 aromatic rings. The Morgan fingerprint density at radius 3 is 2.43 bits per heavy atom. The Morgan fingerprint density at radius 2 is 1.83 bits per heavy atom. The van der Waals surface area contributed by atoms with Gasteiger partial charge in [0, 0.05) is 36.9 Å². The standard InChI is InChI=1S/C32H42N4O5S/c1-31(2,3)29(36(5)30(37)22-14-18-42(38,39)19-15-22)21-8-10-23(11-9-21)34-25-20-33-24-12-13-26(40-6)35-28(24)27(25)32(4)16-7-17-41-32/h8-13,20,22,29,34H,7,14-19H2,1-6H3/t29-,32-/m0/s1. The summed E-state index contributed by atoms with van der Waals surface area (Å²) in [6.07, 6.45) is 4.45. The van der Waals surface area contributed by atoms with Gasteiger partial charge in [-0.2, -0.15) is 0 Å². The van der Waals surface area contributed by atoms with Crippen LogP contribution in [0, 0.1) is 11.3 Å². The van der Waals surface area contributed by atoms with E-state index in [-0.39, 0.29) is 34.8 Å². The summed E-state index contributed by atoms with van der Waals surface area (Å²) < 4.78 is 35.5. The fraction of sp³-hybridized carbons (Fsp3) is 0.531. The van der Waals surface area contributed by atoms with Crippen LogP contribution in [0.3, 0.4) is 0 Å². The van der Waals surface area contributed by atoms with Crippen molar-refractivity contribution in [1.29, 1.82) is 0 Å². The van der Waals surface area contributed by atoms with Crippen molar-refractivity contribution < 1.29 is 22.7 Å². The molecular formula is C32H42N4O5S. The molecule has 1 N–H and O–H groups in total. The van der Waals surface area contributed by atoms with Gasteiger partial charge in [0.05, 0.1) is 47.7 Å². The molecule has 0 saturated carbocycles. The third-order valence-electron chi connectivity index (χ3n) is 8.61. The van der Waals surface area contributed by atoms with E-state index in [1.165, 1.54) is 0 Å². The first kappa shape index (κ1) is 30.2. The molecule has 226 valence electrons. The minimum atomic E-state index is -3.03. The Labute approximate surface area is 248 Å². The molecule has 4 heterocycles. The lowest BCUT2D eigenvalue weighted by molar-refractivity contribution is -0.139. The molecule has 0 spiro atoms. The van der Waals surface area contributed by atoms with Crippen molar-refractivity contribution in [2.24, 2.45) is 11.3 Å². The van der Waals surface area contributed by atoms with Crippen LogP contribution in [0.5, 0.6) is 5.88 Å². The summed E-state index contributed by atoms with van der Waals surface area (Å²) in [6.45, 7) is 9.16. The van der Waals surface area contributed by atoms with Crippen LogP contribution in [-0.2, 0) is 25.0 Å². The number of carbonyl (C=O) groups is 1. The number of nitrogens with one attached hydrogen (secondary N) is 1. The normalized spacial score (nSPS) is 21.7. The topological polar surface area (TPSA) is 111 Å². The Bertz CT molecular complexity index is 1550. The van der Waals surface area contributed by atoms with Crippen LogP contribution in [0.2, 0.25) is 0 Å². The Kier molecular flexibility index (Phi) is 8.24. The van der Waals surface area contributed by atoms with Crippen LogP contribution in [0.4, 0.5) is 11.4 Å². The number of pyridine rings is 2. The van der Waals surface area contributed by atoms with E-state index in [0.717, 1.165) is 46.4 Å². The second kappa shape index (κ2) is 11.4. The fourth-order valence-corrected chi connectivity index (χ4v) is 8.02. The first-order valence-electron chi connectivity index (χ1n) is 14.6. The lowest BCUT2D eigenvalue weighted by Crippen LogP contribution is -2.43. The molecule has 2 fully saturated rings. The van der Waals surface area contributed by atoms with Gasteiger partial charge in [0.2, 0.25) is 11.8 Å². The number of anilines is 2. The lowest BCUT2D eigenvalue weighted by atomic mass is 9.80. The minimum Gasteiger partial charge on any atom is -0.481 e. The molecule has 0 radical (unpaired) electrons. The number of sulfone groups is 1. The summed E-state index contributed by atoms with van der Waals surface area (Å²) in [6, 6.07) is 11.7. The quantitative estimate of drug-likeness (QED) is 0.367. The van der Waals surface area contributed by atoms with Gasteiger partial charge in [0.25, 0.3) is 0 Å². The molecule has 0 aliphatic carbocycles. The van der Waals surface area contributed by atoms with Gasteiger partial charge >= 0.3 is 0 Å². The highest BCUT2D eigenvalue weighted by atomic mass is 32.2. The van der Waals surface area contributed by atoms with E-state index >= 15 is 0 Å². The highest BCUT2D eigenvalue weighted by Crippen LogP contribution is 2.44. The molecule has 0 bridgehead atoms. The van der Waals surface area contributed by atoms with Gasteiger partial charge in [0.15, 0.2) is 0 Å². The predicted molar refractivity (Wildman–Crippen MR) is 165 cm³/mol. The molecule has 9 nitrogen and oxygen atoms in total. The largest absolute Gasteiger partial charge is 0.481 e. The number of aromatic nitrogens is 2. The Hall–Kier alpha value is -3.24. The van der Waals surface area contributed by atoms with Crippen molar-refractivity contribution in [2.45, 2.75) is 65.0 Å². The number of fused-ring (bicyclic) bond motifs is 1. The van der Waals surface area contributed by atoms with Crippen LogP contribution in [0.25, 0.3) is 11.0 Å². The second-order valence-corrected chi connectivity index (χ2v) is 15.1. The number of rotatable bonds is 7.